The van der Waals surface area contributed by atoms with Crippen molar-refractivity contribution in [3.05, 3.63) is 17.6 Å². The lowest BCUT2D eigenvalue weighted by Gasteiger charge is -2.32. The number of nitrogens with one attached hydrogen (secondary N) is 1. The van der Waals surface area contributed by atoms with Gasteiger partial charge >= 0.3 is 0 Å². The second-order valence-corrected chi connectivity index (χ2v) is 4.71. The van der Waals surface area contributed by atoms with E-state index in [0.29, 0.717) is 0 Å². The van der Waals surface area contributed by atoms with Crippen molar-refractivity contribution in [1.29, 1.82) is 0 Å². The summed E-state index contributed by atoms with van der Waals surface area (Å²) in [5.74, 6) is 1.69. The minimum absolute atomic E-state index is 0.245. The molecule has 0 saturated carbocycles. The van der Waals surface area contributed by atoms with Gasteiger partial charge in [0, 0.05) is 31.4 Å². The SMILES string of the molecule is CCN1CCOC(CNc2cc(C)nc(C)n2)C1. The largest absolute Gasteiger partial charge is 0.374 e. The topological polar surface area (TPSA) is 50.3 Å². The molecular formula is C13H22N4O. The molecule has 0 spiro atoms. The van der Waals surface area contributed by atoms with Crippen LogP contribution in [-0.2, 0) is 4.74 Å². The van der Waals surface area contributed by atoms with Crippen LogP contribution in [0.1, 0.15) is 18.4 Å². The van der Waals surface area contributed by atoms with Gasteiger partial charge in [-0.05, 0) is 20.4 Å². The molecule has 0 aromatic carbocycles. The molecule has 0 amide bonds. The summed E-state index contributed by atoms with van der Waals surface area (Å²) in [5.41, 5.74) is 0.991. The van der Waals surface area contributed by atoms with E-state index in [-0.39, 0.29) is 6.10 Å². The number of aryl methyl sites for hydroxylation is 2. The summed E-state index contributed by atoms with van der Waals surface area (Å²) in [5, 5.41) is 3.34. The van der Waals surface area contributed by atoms with Crippen LogP contribution in [0.25, 0.3) is 0 Å². The van der Waals surface area contributed by atoms with E-state index in [2.05, 4.69) is 27.1 Å². The molecule has 1 aromatic heterocycles. The molecular weight excluding hydrogens is 228 g/mol. The lowest BCUT2D eigenvalue weighted by molar-refractivity contribution is -0.0192. The quantitative estimate of drug-likeness (QED) is 0.871. The van der Waals surface area contributed by atoms with Crippen molar-refractivity contribution in [3.8, 4) is 0 Å². The predicted octanol–water partition coefficient (Wildman–Crippen LogP) is 1.23. The van der Waals surface area contributed by atoms with E-state index in [0.717, 1.165) is 50.1 Å². The summed E-state index contributed by atoms with van der Waals surface area (Å²) in [6, 6.07) is 1.97. The van der Waals surface area contributed by atoms with Crippen LogP contribution in [0.2, 0.25) is 0 Å². The number of anilines is 1. The number of nitrogens with zero attached hydrogens (tertiary/aromatic N) is 3. The van der Waals surface area contributed by atoms with Crippen LogP contribution in [-0.4, -0.2) is 53.8 Å². The molecule has 100 valence electrons. The van der Waals surface area contributed by atoms with Gasteiger partial charge in [-0.2, -0.15) is 0 Å². The van der Waals surface area contributed by atoms with Crippen LogP contribution in [0.4, 0.5) is 5.82 Å². The number of morpholine rings is 1. The van der Waals surface area contributed by atoms with E-state index in [4.69, 9.17) is 4.74 Å². The maximum atomic E-state index is 5.74. The maximum absolute atomic E-state index is 5.74. The Kier molecular flexibility index (Phi) is 4.49. The van der Waals surface area contributed by atoms with Gasteiger partial charge in [0.15, 0.2) is 0 Å². The van der Waals surface area contributed by atoms with Gasteiger partial charge in [-0.1, -0.05) is 6.92 Å². The highest BCUT2D eigenvalue weighted by molar-refractivity contribution is 5.35. The number of hydrogen-bond acceptors (Lipinski definition) is 5. The summed E-state index contributed by atoms with van der Waals surface area (Å²) in [4.78, 5) is 11.0. The average molecular weight is 250 g/mol. The summed E-state index contributed by atoms with van der Waals surface area (Å²) >= 11 is 0. The van der Waals surface area contributed by atoms with Crippen molar-refractivity contribution in [2.45, 2.75) is 26.9 Å². The Morgan fingerprint density at radius 1 is 1.44 bits per heavy atom. The summed E-state index contributed by atoms with van der Waals surface area (Å²) < 4.78 is 5.74. The molecule has 5 heteroatoms. The molecule has 1 saturated heterocycles. The Hall–Kier alpha value is -1.20. The highest BCUT2D eigenvalue weighted by Gasteiger charge is 2.18. The normalized spacial score (nSPS) is 20.9. The van der Waals surface area contributed by atoms with Crippen LogP contribution in [0.3, 0.4) is 0 Å². The molecule has 1 unspecified atom stereocenters. The molecule has 5 nitrogen and oxygen atoms in total. The first-order chi connectivity index (χ1) is 8.67. The average Bonchev–Trinajstić information content (AvgIpc) is 2.35. The number of likely N-dealkylation sites (N-methyl/N-ethyl adjacent to an activating group) is 1. The standard InChI is InChI=1S/C13H22N4O/c1-4-17-5-6-18-12(9-17)8-14-13-7-10(2)15-11(3)16-13/h7,12H,4-6,8-9H2,1-3H3,(H,14,15,16). The first-order valence-corrected chi connectivity index (χ1v) is 6.57. The maximum Gasteiger partial charge on any atom is 0.130 e. The second kappa shape index (κ2) is 6.11. The molecule has 0 bridgehead atoms. The zero-order valence-corrected chi connectivity index (χ0v) is 11.4. The van der Waals surface area contributed by atoms with Gasteiger partial charge in [0.05, 0.1) is 12.7 Å². The van der Waals surface area contributed by atoms with Crippen LogP contribution in [0.5, 0.6) is 0 Å². The Bertz CT molecular complexity index is 376. The van der Waals surface area contributed by atoms with Crippen LogP contribution in [0.15, 0.2) is 6.07 Å². The molecule has 2 rings (SSSR count). The van der Waals surface area contributed by atoms with Crippen LogP contribution in [0, 0.1) is 13.8 Å². The first kappa shape index (κ1) is 13.2. The van der Waals surface area contributed by atoms with Crippen LogP contribution < -0.4 is 5.32 Å². The lowest BCUT2D eigenvalue weighted by atomic mass is 10.2. The molecule has 0 aliphatic carbocycles. The number of ether oxygens (including phenoxy) is 1. The fourth-order valence-electron chi connectivity index (χ4n) is 2.22. The Morgan fingerprint density at radius 3 is 3.00 bits per heavy atom. The van der Waals surface area contributed by atoms with E-state index < -0.39 is 0 Å². The molecule has 18 heavy (non-hydrogen) atoms. The van der Waals surface area contributed by atoms with Gasteiger partial charge in [-0.25, -0.2) is 9.97 Å². The number of rotatable bonds is 4. The highest BCUT2D eigenvalue weighted by atomic mass is 16.5. The van der Waals surface area contributed by atoms with Crippen molar-refractivity contribution >= 4 is 5.82 Å². The fourth-order valence-corrected chi connectivity index (χ4v) is 2.22. The molecule has 2 heterocycles. The van der Waals surface area contributed by atoms with Crippen molar-refractivity contribution in [1.82, 2.24) is 14.9 Å². The van der Waals surface area contributed by atoms with E-state index in [1.165, 1.54) is 0 Å². The van der Waals surface area contributed by atoms with Gasteiger partial charge in [-0.3, -0.25) is 4.90 Å². The molecule has 1 aliphatic heterocycles. The third-order valence-electron chi connectivity index (χ3n) is 3.15. The smallest absolute Gasteiger partial charge is 0.130 e. The second-order valence-electron chi connectivity index (χ2n) is 4.71. The van der Waals surface area contributed by atoms with Gasteiger partial charge < -0.3 is 10.1 Å². The molecule has 1 fully saturated rings. The third-order valence-corrected chi connectivity index (χ3v) is 3.15. The van der Waals surface area contributed by atoms with Crippen LogP contribution >= 0.6 is 0 Å². The summed E-state index contributed by atoms with van der Waals surface area (Å²) in [6.45, 7) is 10.8. The van der Waals surface area contributed by atoms with E-state index in [1.54, 1.807) is 0 Å². The molecule has 1 aromatic rings. The van der Waals surface area contributed by atoms with Gasteiger partial charge in [-0.15, -0.1) is 0 Å². The predicted molar refractivity (Wildman–Crippen MR) is 71.8 cm³/mol. The minimum atomic E-state index is 0.245. The Labute approximate surface area is 109 Å². The first-order valence-electron chi connectivity index (χ1n) is 6.57. The van der Waals surface area contributed by atoms with Gasteiger partial charge in [0.25, 0.3) is 0 Å². The van der Waals surface area contributed by atoms with Gasteiger partial charge in [0.1, 0.15) is 11.6 Å². The zero-order valence-electron chi connectivity index (χ0n) is 11.4. The van der Waals surface area contributed by atoms with E-state index in [1.807, 2.05) is 19.9 Å². The molecule has 1 atom stereocenters. The van der Waals surface area contributed by atoms with Crippen molar-refractivity contribution in [3.63, 3.8) is 0 Å². The van der Waals surface area contributed by atoms with E-state index >= 15 is 0 Å². The highest BCUT2D eigenvalue weighted by Crippen LogP contribution is 2.09. The Morgan fingerprint density at radius 2 is 2.28 bits per heavy atom. The third kappa shape index (κ3) is 3.65. The Balaban J connectivity index is 1.87. The fraction of sp³-hybridized carbons (Fsp3) is 0.692. The number of aromatic nitrogens is 2. The lowest BCUT2D eigenvalue weighted by Crippen LogP contribution is -2.45. The van der Waals surface area contributed by atoms with Crippen molar-refractivity contribution in [2.24, 2.45) is 0 Å². The monoisotopic (exact) mass is 250 g/mol. The van der Waals surface area contributed by atoms with Gasteiger partial charge in [0.2, 0.25) is 0 Å². The molecule has 0 radical (unpaired) electrons. The van der Waals surface area contributed by atoms with Crippen molar-refractivity contribution < 1.29 is 4.74 Å². The zero-order chi connectivity index (χ0) is 13.0. The molecule has 1 N–H and O–H groups in total. The minimum Gasteiger partial charge on any atom is -0.374 e. The van der Waals surface area contributed by atoms with E-state index in [9.17, 15) is 0 Å². The number of hydrogen-bond donors (Lipinski definition) is 1. The molecule has 1 aliphatic rings. The summed E-state index contributed by atoms with van der Waals surface area (Å²) in [7, 11) is 0. The van der Waals surface area contributed by atoms with Crippen molar-refractivity contribution in [2.75, 3.05) is 38.1 Å². The summed E-state index contributed by atoms with van der Waals surface area (Å²) in [6.07, 6.45) is 0.245.